The number of carbonyl (C=O) groups excluding carboxylic acids is 1. The Labute approximate surface area is 133 Å². The van der Waals surface area contributed by atoms with Crippen molar-refractivity contribution in [3.05, 3.63) is 35.4 Å². The van der Waals surface area contributed by atoms with Crippen LogP contribution in [0.5, 0.6) is 0 Å². The predicted molar refractivity (Wildman–Crippen MR) is 88.8 cm³/mol. The average molecular weight is 304 g/mol. The summed E-state index contributed by atoms with van der Waals surface area (Å²) in [6.07, 6.45) is 1.50. The number of morpholine rings is 1. The van der Waals surface area contributed by atoms with Gasteiger partial charge in [0.1, 0.15) is 0 Å². The molecule has 1 aromatic rings. The van der Waals surface area contributed by atoms with Crippen molar-refractivity contribution in [3.63, 3.8) is 0 Å². The summed E-state index contributed by atoms with van der Waals surface area (Å²) < 4.78 is 5.40. The van der Waals surface area contributed by atoms with Crippen LogP contribution in [-0.4, -0.2) is 31.7 Å². The SMILES string of the molecule is CCc1ccc(C(NC(=O)CC2COCCN2)C(C)C)cc1. The lowest BCUT2D eigenvalue weighted by atomic mass is 9.94. The number of nitrogens with one attached hydrogen (secondary N) is 2. The van der Waals surface area contributed by atoms with Gasteiger partial charge in [-0.25, -0.2) is 0 Å². The summed E-state index contributed by atoms with van der Waals surface area (Å²) in [5.74, 6) is 0.438. The first kappa shape index (κ1) is 17.0. The fourth-order valence-corrected chi connectivity index (χ4v) is 2.80. The van der Waals surface area contributed by atoms with Crippen molar-refractivity contribution < 1.29 is 9.53 Å². The van der Waals surface area contributed by atoms with E-state index in [1.165, 1.54) is 11.1 Å². The highest BCUT2D eigenvalue weighted by atomic mass is 16.5. The summed E-state index contributed by atoms with van der Waals surface area (Å²) >= 11 is 0. The molecule has 1 aromatic carbocycles. The summed E-state index contributed by atoms with van der Waals surface area (Å²) in [5.41, 5.74) is 2.49. The molecule has 122 valence electrons. The monoisotopic (exact) mass is 304 g/mol. The summed E-state index contributed by atoms with van der Waals surface area (Å²) in [4.78, 5) is 12.3. The molecule has 0 aromatic heterocycles. The fraction of sp³-hybridized carbons (Fsp3) is 0.611. The van der Waals surface area contributed by atoms with Crippen molar-refractivity contribution in [2.75, 3.05) is 19.8 Å². The van der Waals surface area contributed by atoms with Crippen LogP contribution in [0, 0.1) is 5.92 Å². The van der Waals surface area contributed by atoms with Crippen LogP contribution in [-0.2, 0) is 16.0 Å². The molecule has 2 unspecified atom stereocenters. The maximum absolute atomic E-state index is 12.3. The molecule has 2 N–H and O–H groups in total. The Hall–Kier alpha value is -1.39. The first-order valence-corrected chi connectivity index (χ1v) is 8.29. The predicted octanol–water partition coefficient (Wildman–Crippen LogP) is 2.44. The Kier molecular flexibility index (Phi) is 6.40. The third-order valence-electron chi connectivity index (χ3n) is 4.16. The first-order valence-electron chi connectivity index (χ1n) is 8.29. The van der Waals surface area contributed by atoms with Gasteiger partial charge < -0.3 is 15.4 Å². The molecule has 4 heteroatoms. The smallest absolute Gasteiger partial charge is 0.222 e. The summed E-state index contributed by atoms with van der Waals surface area (Å²) in [7, 11) is 0. The van der Waals surface area contributed by atoms with Crippen LogP contribution >= 0.6 is 0 Å². The number of rotatable bonds is 6. The van der Waals surface area contributed by atoms with E-state index in [9.17, 15) is 4.79 Å². The number of carbonyl (C=O) groups is 1. The lowest BCUT2D eigenvalue weighted by Gasteiger charge is -2.26. The lowest BCUT2D eigenvalue weighted by molar-refractivity contribution is -0.123. The molecule has 0 radical (unpaired) electrons. The van der Waals surface area contributed by atoms with E-state index in [4.69, 9.17) is 4.74 Å². The van der Waals surface area contributed by atoms with Crippen molar-refractivity contribution >= 4 is 5.91 Å². The van der Waals surface area contributed by atoms with Crippen LogP contribution in [0.4, 0.5) is 0 Å². The molecule has 22 heavy (non-hydrogen) atoms. The number of aryl methyl sites for hydroxylation is 1. The minimum Gasteiger partial charge on any atom is -0.378 e. The van der Waals surface area contributed by atoms with Gasteiger partial charge in [-0.05, 0) is 23.5 Å². The van der Waals surface area contributed by atoms with Crippen LogP contribution in [0.3, 0.4) is 0 Å². The van der Waals surface area contributed by atoms with E-state index in [0.717, 1.165) is 19.6 Å². The van der Waals surface area contributed by atoms with Crippen molar-refractivity contribution in [2.24, 2.45) is 5.92 Å². The van der Waals surface area contributed by atoms with Crippen LogP contribution in [0.1, 0.15) is 44.4 Å². The van der Waals surface area contributed by atoms with E-state index in [-0.39, 0.29) is 18.0 Å². The van der Waals surface area contributed by atoms with E-state index in [2.05, 4.69) is 55.7 Å². The minimum atomic E-state index is 0.0583. The van der Waals surface area contributed by atoms with Crippen LogP contribution in [0.15, 0.2) is 24.3 Å². The number of hydrogen-bond donors (Lipinski definition) is 2. The molecule has 0 aliphatic carbocycles. The number of amides is 1. The summed E-state index contributed by atoms with van der Waals surface area (Å²) in [6, 6.07) is 8.74. The van der Waals surface area contributed by atoms with Gasteiger partial charge in [-0.15, -0.1) is 0 Å². The lowest BCUT2D eigenvalue weighted by Crippen LogP contribution is -2.45. The third-order valence-corrected chi connectivity index (χ3v) is 4.16. The minimum absolute atomic E-state index is 0.0583. The molecule has 1 fully saturated rings. The van der Waals surface area contributed by atoms with E-state index in [1.807, 2.05) is 0 Å². The molecule has 1 heterocycles. The van der Waals surface area contributed by atoms with E-state index in [0.29, 0.717) is 18.9 Å². The molecule has 1 amide bonds. The second-order valence-corrected chi connectivity index (χ2v) is 6.31. The van der Waals surface area contributed by atoms with Gasteiger partial charge in [0.15, 0.2) is 0 Å². The molecule has 1 aliphatic rings. The second kappa shape index (κ2) is 8.30. The van der Waals surface area contributed by atoms with Gasteiger partial charge >= 0.3 is 0 Å². The zero-order chi connectivity index (χ0) is 15.9. The molecular weight excluding hydrogens is 276 g/mol. The quantitative estimate of drug-likeness (QED) is 0.849. The second-order valence-electron chi connectivity index (χ2n) is 6.31. The standard InChI is InChI=1S/C18H28N2O2/c1-4-14-5-7-15(8-6-14)18(13(2)3)20-17(21)11-16-12-22-10-9-19-16/h5-8,13,16,18-19H,4,9-12H2,1-3H3,(H,20,21). The average Bonchev–Trinajstić information content (AvgIpc) is 2.53. The van der Waals surface area contributed by atoms with Crippen molar-refractivity contribution in [1.29, 1.82) is 0 Å². The van der Waals surface area contributed by atoms with Gasteiger partial charge in [-0.3, -0.25) is 4.79 Å². The summed E-state index contributed by atoms with van der Waals surface area (Å²) in [6.45, 7) is 8.60. The van der Waals surface area contributed by atoms with Gasteiger partial charge in [0.2, 0.25) is 5.91 Å². The van der Waals surface area contributed by atoms with Gasteiger partial charge in [-0.2, -0.15) is 0 Å². The topological polar surface area (TPSA) is 50.4 Å². The van der Waals surface area contributed by atoms with Gasteiger partial charge in [0, 0.05) is 19.0 Å². The van der Waals surface area contributed by atoms with E-state index in [1.54, 1.807) is 0 Å². The number of ether oxygens (including phenoxy) is 1. The molecule has 0 saturated carbocycles. The van der Waals surface area contributed by atoms with Crippen LogP contribution < -0.4 is 10.6 Å². The highest BCUT2D eigenvalue weighted by Crippen LogP contribution is 2.22. The molecular formula is C18H28N2O2. The maximum atomic E-state index is 12.3. The highest BCUT2D eigenvalue weighted by molar-refractivity contribution is 5.77. The molecule has 1 saturated heterocycles. The van der Waals surface area contributed by atoms with E-state index < -0.39 is 0 Å². The third kappa shape index (κ3) is 4.82. The molecule has 1 aliphatic heterocycles. The molecule has 2 rings (SSSR count). The Balaban J connectivity index is 1.96. The Morgan fingerprint density at radius 1 is 1.36 bits per heavy atom. The first-order chi connectivity index (χ1) is 10.6. The zero-order valence-electron chi connectivity index (χ0n) is 13.9. The van der Waals surface area contributed by atoms with Gasteiger partial charge in [0.25, 0.3) is 0 Å². The number of benzene rings is 1. The normalized spacial score (nSPS) is 19.9. The largest absolute Gasteiger partial charge is 0.378 e. The van der Waals surface area contributed by atoms with E-state index >= 15 is 0 Å². The molecule has 0 spiro atoms. The highest BCUT2D eigenvalue weighted by Gasteiger charge is 2.21. The summed E-state index contributed by atoms with van der Waals surface area (Å²) in [5, 5.41) is 6.50. The van der Waals surface area contributed by atoms with Crippen molar-refractivity contribution in [3.8, 4) is 0 Å². The maximum Gasteiger partial charge on any atom is 0.222 e. The Bertz CT molecular complexity index is 464. The van der Waals surface area contributed by atoms with Gasteiger partial charge in [0.05, 0.1) is 19.3 Å². The number of hydrogen-bond acceptors (Lipinski definition) is 3. The fourth-order valence-electron chi connectivity index (χ4n) is 2.80. The zero-order valence-corrected chi connectivity index (χ0v) is 13.9. The van der Waals surface area contributed by atoms with Crippen molar-refractivity contribution in [1.82, 2.24) is 10.6 Å². The molecule has 4 nitrogen and oxygen atoms in total. The van der Waals surface area contributed by atoms with Crippen molar-refractivity contribution in [2.45, 2.75) is 45.7 Å². The van der Waals surface area contributed by atoms with Crippen LogP contribution in [0.2, 0.25) is 0 Å². The van der Waals surface area contributed by atoms with Crippen LogP contribution in [0.25, 0.3) is 0 Å². The Morgan fingerprint density at radius 3 is 2.64 bits per heavy atom. The van der Waals surface area contributed by atoms with Gasteiger partial charge in [-0.1, -0.05) is 45.0 Å². The molecule has 2 atom stereocenters. The Morgan fingerprint density at radius 2 is 2.09 bits per heavy atom. The molecule has 0 bridgehead atoms.